The fourth-order valence-corrected chi connectivity index (χ4v) is 4.38. The molecule has 0 radical (unpaired) electrons. The number of anilines is 1. The maximum Gasteiger partial charge on any atom is 0.126 e. The van der Waals surface area contributed by atoms with Crippen molar-refractivity contribution in [3.05, 3.63) is 114 Å². The summed E-state index contributed by atoms with van der Waals surface area (Å²) in [5.41, 5.74) is 3.71. The number of amidine groups is 1. The van der Waals surface area contributed by atoms with Gasteiger partial charge in [0, 0.05) is 17.6 Å². The zero-order valence-corrected chi connectivity index (χ0v) is 17.6. The van der Waals surface area contributed by atoms with Crippen LogP contribution in [0.15, 0.2) is 108 Å². The molecule has 1 unspecified atom stereocenters. The fourth-order valence-electron chi connectivity index (χ4n) is 4.38. The first-order valence-electron chi connectivity index (χ1n) is 11.0. The first kappa shape index (κ1) is 19.5. The van der Waals surface area contributed by atoms with E-state index in [1.807, 2.05) is 0 Å². The van der Waals surface area contributed by atoms with Gasteiger partial charge in [-0.15, -0.1) is 0 Å². The van der Waals surface area contributed by atoms with E-state index >= 15 is 0 Å². The topological polar surface area (TPSA) is 27.6 Å². The Balaban J connectivity index is 1.63. The lowest BCUT2D eigenvalue weighted by atomic mass is 10.0. The van der Waals surface area contributed by atoms with Crippen LogP contribution >= 0.6 is 0 Å². The van der Waals surface area contributed by atoms with E-state index in [1.165, 1.54) is 27.6 Å². The van der Waals surface area contributed by atoms with Gasteiger partial charge in [0.1, 0.15) is 5.84 Å². The molecule has 0 amide bonds. The van der Waals surface area contributed by atoms with Crippen LogP contribution in [0.5, 0.6) is 0 Å². The highest BCUT2D eigenvalue weighted by atomic mass is 15.2. The van der Waals surface area contributed by atoms with Crippen LogP contribution in [0.25, 0.3) is 10.8 Å². The lowest BCUT2D eigenvalue weighted by molar-refractivity contribution is 0.647. The fraction of sp³-hybridized carbons (Fsp3) is 0.179. The van der Waals surface area contributed by atoms with Crippen LogP contribution in [0.3, 0.4) is 0 Å². The number of hydrogen-bond donors (Lipinski definition) is 1. The maximum atomic E-state index is 5.22. The molecule has 3 heteroatoms. The van der Waals surface area contributed by atoms with Crippen molar-refractivity contribution < 1.29 is 0 Å². The second kappa shape index (κ2) is 9.15. The van der Waals surface area contributed by atoms with Crippen LogP contribution in [0, 0.1) is 0 Å². The molecular weight excluding hydrogens is 378 g/mol. The predicted molar refractivity (Wildman–Crippen MR) is 131 cm³/mol. The number of benzene rings is 4. The minimum atomic E-state index is 0.0615. The van der Waals surface area contributed by atoms with Crippen LogP contribution in [-0.4, -0.2) is 18.9 Å². The van der Waals surface area contributed by atoms with Crippen LogP contribution in [0.2, 0.25) is 0 Å². The second-order valence-electron chi connectivity index (χ2n) is 7.96. The monoisotopic (exact) mass is 405 g/mol. The summed E-state index contributed by atoms with van der Waals surface area (Å²) in [7, 11) is 0. The Morgan fingerprint density at radius 1 is 0.774 bits per heavy atom. The molecule has 0 saturated carbocycles. The number of rotatable bonds is 4. The number of nitrogens with zero attached hydrogens (tertiary/aromatic N) is 2. The predicted octanol–water partition coefficient (Wildman–Crippen LogP) is 5.98. The molecule has 0 spiro atoms. The highest BCUT2D eigenvalue weighted by molar-refractivity contribution is 6.08. The smallest absolute Gasteiger partial charge is 0.126 e. The Kier molecular flexibility index (Phi) is 5.76. The Bertz CT molecular complexity index is 1160. The minimum Gasteiger partial charge on any atom is -0.328 e. The third-order valence-electron chi connectivity index (χ3n) is 5.90. The molecule has 1 atom stereocenters. The molecule has 4 aromatic rings. The molecule has 1 saturated heterocycles. The van der Waals surface area contributed by atoms with Crippen molar-refractivity contribution in [2.45, 2.75) is 19.0 Å². The third kappa shape index (κ3) is 4.23. The summed E-state index contributed by atoms with van der Waals surface area (Å²) in [6.07, 6.45) is 1.07. The highest BCUT2D eigenvalue weighted by Crippen LogP contribution is 2.31. The summed E-state index contributed by atoms with van der Waals surface area (Å²) in [5, 5.41) is 6.29. The summed E-state index contributed by atoms with van der Waals surface area (Å²) in [6, 6.07) is 36.5. The van der Waals surface area contributed by atoms with Gasteiger partial charge in [-0.05, 0) is 35.5 Å². The van der Waals surface area contributed by atoms with E-state index in [2.05, 4.69) is 113 Å². The largest absolute Gasteiger partial charge is 0.328 e. The quantitative estimate of drug-likeness (QED) is 0.452. The van der Waals surface area contributed by atoms with Crippen molar-refractivity contribution >= 4 is 22.3 Å². The Morgan fingerprint density at radius 2 is 1.48 bits per heavy atom. The van der Waals surface area contributed by atoms with Gasteiger partial charge >= 0.3 is 0 Å². The van der Waals surface area contributed by atoms with Crippen LogP contribution in [0.1, 0.15) is 23.6 Å². The SMILES string of the molecule is c1ccc(CN=C2C(c3ccccc3)NCCCN2c2cccc3ccccc23)cc1. The Morgan fingerprint density at radius 3 is 2.32 bits per heavy atom. The molecule has 0 bridgehead atoms. The zero-order valence-electron chi connectivity index (χ0n) is 17.6. The Hall–Kier alpha value is -3.43. The van der Waals surface area contributed by atoms with Crippen LogP contribution in [0.4, 0.5) is 5.69 Å². The minimum absolute atomic E-state index is 0.0615. The van der Waals surface area contributed by atoms with Crippen molar-refractivity contribution in [2.24, 2.45) is 4.99 Å². The van der Waals surface area contributed by atoms with Crippen molar-refractivity contribution in [3.63, 3.8) is 0 Å². The second-order valence-corrected chi connectivity index (χ2v) is 7.96. The van der Waals surface area contributed by atoms with Crippen molar-refractivity contribution in [1.29, 1.82) is 0 Å². The highest BCUT2D eigenvalue weighted by Gasteiger charge is 2.27. The molecule has 0 aliphatic carbocycles. The molecule has 31 heavy (non-hydrogen) atoms. The molecule has 3 nitrogen and oxygen atoms in total. The molecule has 1 aliphatic rings. The average molecular weight is 406 g/mol. The lowest BCUT2D eigenvalue weighted by Crippen LogP contribution is -2.38. The summed E-state index contributed by atoms with van der Waals surface area (Å²) >= 11 is 0. The maximum absolute atomic E-state index is 5.22. The number of nitrogens with one attached hydrogen (secondary N) is 1. The summed E-state index contributed by atoms with van der Waals surface area (Å²) in [6.45, 7) is 2.58. The van der Waals surface area contributed by atoms with E-state index in [1.54, 1.807) is 0 Å². The van der Waals surface area contributed by atoms with Gasteiger partial charge < -0.3 is 10.2 Å². The first-order chi connectivity index (χ1) is 15.4. The van der Waals surface area contributed by atoms with Crippen molar-refractivity contribution in [1.82, 2.24) is 5.32 Å². The van der Waals surface area contributed by atoms with Gasteiger partial charge in [-0.1, -0.05) is 97.1 Å². The molecule has 1 heterocycles. The van der Waals surface area contributed by atoms with E-state index in [9.17, 15) is 0 Å². The zero-order chi connectivity index (χ0) is 20.9. The van der Waals surface area contributed by atoms with Gasteiger partial charge in [-0.3, -0.25) is 4.99 Å². The molecule has 4 aromatic carbocycles. The van der Waals surface area contributed by atoms with Crippen molar-refractivity contribution in [3.8, 4) is 0 Å². The van der Waals surface area contributed by atoms with Gasteiger partial charge in [-0.25, -0.2) is 0 Å². The third-order valence-corrected chi connectivity index (χ3v) is 5.90. The van der Waals surface area contributed by atoms with E-state index in [0.717, 1.165) is 25.3 Å². The standard InChI is InChI=1S/C28H27N3/c1-3-11-22(12-4-1)21-30-28-27(24-14-5-2-6-15-24)29-19-10-20-31(28)26-18-9-16-23-13-7-8-17-25(23)26/h1-9,11-18,27,29H,10,19-21H2. The molecule has 0 aromatic heterocycles. The van der Waals surface area contributed by atoms with Gasteiger partial charge in [0.05, 0.1) is 12.6 Å². The average Bonchev–Trinajstić information content (AvgIpc) is 3.06. The first-order valence-corrected chi connectivity index (χ1v) is 11.0. The molecule has 5 rings (SSSR count). The summed E-state index contributed by atoms with van der Waals surface area (Å²) in [5.74, 6) is 1.09. The molecule has 1 fully saturated rings. The normalized spacial score (nSPS) is 18.3. The molecule has 154 valence electrons. The lowest BCUT2D eigenvalue weighted by Gasteiger charge is -2.30. The molecular formula is C28H27N3. The van der Waals surface area contributed by atoms with Gasteiger partial charge in [0.2, 0.25) is 0 Å². The molecule has 1 aliphatic heterocycles. The van der Waals surface area contributed by atoms with Crippen LogP contribution < -0.4 is 10.2 Å². The van der Waals surface area contributed by atoms with Gasteiger partial charge in [0.25, 0.3) is 0 Å². The van der Waals surface area contributed by atoms with Crippen molar-refractivity contribution in [2.75, 3.05) is 18.0 Å². The van der Waals surface area contributed by atoms with E-state index in [-0.39, 0.29) is 6.04 Å². The number of fused-ring (bicyclic) bond motifs is 1. The molecule has 1 N–H and O–H groups in total. The van der Waals surface area contributed by atoms with Gasteiger partial charge in [-0.2, -0.15) is 0 Å². The van der Waals surface area contributed by atoms with Crippen LogP contribution in [-0.2, 0) is 6.54 Å². The van der Waals surface area contributed by atoms with E-state index in [4.69, 9.17) is 4.99 Å². The van der Waals surface area contributed by atoms with Gasteiger partial charge in [0.15, 0.2) is 0 Å². The number of aliphatic imine (C=N–C) groups is 1. The van der Waals surface area contributed by atoms with E-state index < -0.39 is 0 Å². The summed E-state index contributed by atoms with van der Waals surface area (Å²) < 4.78 is 0. The van der Waals surface area contributed by atoms with E-state index in [0.29, 0.717) is 6.54 Å². The number of hydrogen-bond acceptors (Lipinski definition) is 2. The summed E-state index contributed by atoms with van der Waals surface area (Å²) in [4.78, 5) is 7.65. The Labute approximate surface area is 184 Å².